The molecule has 0 fully saturated rings. The van der Waals surface area contributed by atoms with Gasteiger partial charge in [-0.15, -0.1) is 12.4 Å². The third-order valence-electron chi connectivity index (χ3n) is 3.62. The molecule has 0 saturated heterocycles. The van der Waals surface area contributed by atoms with E-state index in [-0.39, 0.29) is 30.1 Å². The molecule has 3 N–H and O–H groups in total. The monoisotopic (exact) mass is 371 g/mol. The first-order chi connectivity index (χ1) is 11.5. The lowest BCUT2D eigenvalue weighted by atomic mass is 10.0. The Balaban J connectivity index is 0.00000576. The third kappa shape index (κ3) is 7.75. The molecule has 2 amide bonds. The number of para-hydroxylation sites is 1. The second-order valence-corrected chi connectivity index (χ2v) is 5.94. The standard InChI is InChI=1S/C18H29N3O3.ClH/c1-5-10-19-11-12-20-18(23)16(13(2)3)21-17(22)14-8-6-7-9-15(14)24-4;/h6-9,13,16,19H,5,10-12H2,1-4H3,(H,20,23)(H,21,22);1H. The Hall–Kier alpha value is -1.79. The van der Waals surface area contributed by atoms with Crippen molar-refractivity contribution in [1.29, 1.82) is 0 Å². The minimum atomic E-state index is -0.589. The molecule has 7 heteroatoms. The van der Waals surface area contributed by atoms with Crippen molar-refractivity contribution in [3.8, 4) is 5.75 Å². The van der Waals surface area contributed by atoms with E-state index in [0.717, 1.165) is 13.0 Å². The number of methoxy groups -OCH3 is 1. The Morgan fingerprint density at radius 2 is 1.80 bits per heavy atom. The molecule has 0 aliphatic heterocycles. The lowest BCUT2D eigenvalue weighted by Gasteiger charge is -2.22. The number of hydrogen-bond donors (Lipinski definition) is 3. The minimum Gasteiger partial charge on any atom is -0.496 e. The molecule has 25 heavy (non-hydrogen) atoms. The lowest BCUT2D eigenvalue weighted by molar-refractivity contribution is -0.123. The van der Waals surface area contributed by atoms with Gasteiger partial charge in [-0.2, -0.15) is 0 Å². The van der Waals surface area contributed by atoms with E-state index < -0.39 is 6.04 Å². The first-order valence-corrected chi connectivity index (χ1v) is 8.43. The SMILES string of the molecule is CCCNCCNC(=O)C(NC(=O)c1ccccc1OC)C(C)C.Cl. The van der Waals surface area contributed by atoms with Crippen LogP contribution in [-0.2, 0) is 4.79 Å². The maximum Gasteiger partial charge on any atom is 0.255 e. The van der Waals surface area contributed by atoms with Gasteiger partial charge < -0.3 is 20.7 Å². The van der Waals surface area contributed by atoms with Crippen molar-refractivity contribution in [2.75, 3.05) is 26.7 Å². The number of nitrogens with one attached hydrogen (secondary N) is 3. The Morgan fingerprint density at radius 3 is 2.40 bits per heavy atom. The zero-order chi connectivity index (χ0) is 17.9. The van der Waals surface area contributed by atoms with Crippen LogP contribution in [0.15, 0.2) is 24.3 Å². The van der Waals surface area contributed by atoms with Crippen LogP contribution in [0, 0.1) is 5.92 Å². The van der Waals surface area contributed by atoms with Crippen molar-refractivity contribution in [3.05, 3.63) is 29.8 Å². The third-order valence-corrected chi connectivity index (χ3v) is 3.62. The van der Waals surface area contributed by atoms with Crippen molar-refractivity contribution < 1.29 is 14.3 Å². The van der Waals surface area contributed by atoms with E-state index in [1.807, 2.05) is 13.8 Å². The predicted molar refractivity (Wildman–Crippen MR) is 103 cm³/mol. The molecule has 1 atom stereocenters. The van der Waals surface area contributed by atoms with E-state index >= 15 is 0 Å². The average molecular weight is 372 g/mol. The number of ether oxygens (including phenoxy) is 1. The van der Waals surface area contributed by atoms with Gasteiger partial charge in [-0.05, 0) is 31.0 Å². The van der Waals surface area contributed by atoms with Gasteiger partial charge in [0.25, 0.3) is 5.91 Å². The quantitative estimate of drug-likeness (QED) is 0.549. The molecule has 1 rings (SSSR count). The van der Waals surface area contributed by atoms with Crippen molar-refractivity contribution in [1.82, 2.24) is 16.0 Å². The van der Waals surface area contributed by atoms with Gasteiger partial charge in [0.05, 0.1) is 12.7 Å². The highest BCUT2D eigenvalue weighted by Gasteiger charge is 2.25. The van der Waals surface area contributed by atoms with Crippen molar-refractivity contribution in [2.24, 2.45) is 5.92 Å². The molecule has 1 aromatic carbocycles. The summed E-state index contributed by atoms with van der Waals surface area (Å²) in [6.07, 6.45) is 1.05. The predicted octanol–water partition coefficient (Wildman–Crippen LogP) is 1.99. The summed E-state index contributed by atoms with van der Waals surface area (Å²) in [6, 6.07) is 6.37. The Labute approximate surface area is 156 Å². The minimum absolute atomic E-state index is 0. The zero-order valence-corrected chi connectivity index (χ0v) is 16.2. The number of hydrogen-bond acceptors (Lipinski definition) is 4. The lowest BCUT2D eigenvalue weighted by Crippen LogP contribution is -2.50. The first kappa shape index (κ1) is 23.2. The van der Waals surface area contributed by atoms with Gasteiger partial charge in [0.2, 0.25) is 5.91 Å². The number of rotatable bonds is 10. The Morgan fingerprint density at radius 1 is 1.12 bits per heavy atom. The van der Waals surface area contributed by atoms with Crippen molar-refractivity contribution in [2.45, 2.75) is 33.2 Å². The summed E-state index contributed by atoms with van der Waals surface area (Å²) in [7, 11) is 1.52. The molecule has 6 nitrogen and oxygen atoms in total. The smallest absolute Gasteiger partial charge is 0.255 e. The molecule has 0 bridgehead atoms. The summed E-state index contributed by atoms with van der Waals surface area (Å²) < 4.78 is 5.20. The molecule has 142 valence electrons. The topological polar surface area (TPSA) is 79.5 Å². The van der Waals surface area contributed by atoms with E-state index in [2.05, 4.69) is 22.9 Å². The molecule has 0 saturated carbocycles. The highest BCUT2D eigenvalue weighted by Crippen LogP contribution is 2.17. The highest BCUT2D eigenvalue weighted by molar-refractivity contribution is 5.99. The molecule has 0 aromatic heterocycles. The summed E-state index contributed by atoms with van der Waals surface area (Å²) in [5.41, 5.74) is 0.420. The zero-order valence-electron chi connectivity index (χ0n) is 15.4. The molecule has 0 radical (unpaired) electrons. The van der Waals surface area contributed by atoms with Gasteiger partial charge in [0.1, 0.15) is 11.8 Å². The van der Waals surface area contributed by atoms with Crippen molar-refractivity contribution >= 4 is 24.2 Å². The van der Waals surface area contributed by atoms with Crippen LogP contribution in [0.4, 0.5) is 0 Å². The van der Waals surface area contributed by atoms with Crippen LogP contribution in [0.3, 0.4) is 0 Å². The van der Waals surface area contributed by atoms with Gasteiger partial charge in [0.15, 0.2) is 0 Å². The van der Waals surface area contributed by atoms with Crippen LogP contribution < -0.4 is 20.7 Å². The number of halogens is 1. The normalized spacial score (nSPS) is 11.4. The molecule has 0 spiro atoms. The maximum atomic E-state index is 12.5. The maximum absolute atomic E-state index is 12.5. The largest absolute Gasteiger partial charge is 0.496 e. The summed E-state index contributed by atoms with van der Waals surface area (Å²) in [4.78, 5) is 24.8. The van der Waals surface area contributed by atoms with Crippen LogP contribution in [0.2, 0.25) is 0 Å². The summed E-state index contributed by atoms with van der Waals surface area (Å²) >= 11 is 0. The second-order valence-electron chi connectivity index (χ2n) is 5.94. The molecular weight excluding hydrogens is 342 g/mol. The van der Waals surface area contributed by atoms with Gasteiger partial charge in [-0.1, -0.05) is 32.9 Å². The number of carbonyl (C=O) groups excluding carboxylic acids is 2. The van der Waals surface area contributed by atoms with Gasteiger partial charge >= 0.3 is 0 Å². The van der Waals surface area contributed by atoms with E-state index in [4.69, 9.17) is 4.74 Å². The van der Waals surface area contributed by atoms with Crippen LogP contribution in [0.5, 0.6) is 5.75 Å². The molecule has 0 aliphatic carbocycles. The van der Waals surface area contributed by atoms with E-state index in [0.29, 0.717) is 24.4 Å². The van der Waals surface area contributed by atoms with E-state index in [1.165, 1.54) is 7.11 Å². The Kier molecular flexibility index (Phi) is 11.7. The molecule has 1 aromatic rings. The fourth-order valence-corrected chi connectivity index (χ4v) is 2.27. The Bertz CT molecular complexity index is 538. The molecular formula is C18H30ClN3O3. The van der Waals surface area contributed by atoms with Gasteiger partial charge in [0, 0.05) is 13.1 Å². The number of amides is 2. The van der Waals surface area contributed by atoms with Gasteiger partial charge in [-0.3, -0.25) is 9.59 Å². The fourth-order valence-electron chi connectivity index (χ4n) is 2.27. The first-order valence-electron chi connectivity index (χ1n) is 8.43. The molecule has 0 heterocycles. The molecule has 0 aliphatic rings. The average Bonchev–Trinajstić information content (AvgIpc) is 2.58. The highest BCUT2D eigenvalue weighted by atomic mass is 35.5. The second kappa shape index (κ2) is 12.6. The van der Waals surface area contributed by atoms with Crippen LogP contribution in [0.1, 0.15) is 37.6 Å². The van der Waals surface area contributed by atoms with E-state index in [9.17, 15) is 9.59 Å². The number of carbonyl (C=O) groups is 2. The van der Waals surface area contributed by atoms with Crippen LogP contribution in [0.25, 0.3) is 0 Å². The van der Waals surface area contributed by atoms with Crippen LogP contribution >= 0.6 is 12.4 Å². The summed E-state index contributed by atoms with van der Waals surface area (Å²) in [6.45, 7) is 8.07. The fraction of sp³-hybridized carbons (Fsp3) is 0.556. The van der Waals surface area contributed by atoms with Crippen molar-refractivity contribution in [3.63, 3.8) is 0 Å². The van der Waals surface area contributed by atoms with E-state index in [1.54, 1.807) is 24.3 Å². The summed E-state index contributed by atoms with van der Waals surface area (Å²) in [5.74, 6) is -0.0223. The van der Waals surface area contributed by atoms with Gasteiger partial charge in [-0.25, -0.2) is 0 Å². The number of benzene rings is 1. The van der Waals surface area contributed by atoms with Crippen LogP contribution in [-0.4, -0.2) is 44.6 Å². The summed E-state index contributed by atoms with van der Waals surface area (Å²) in [5, 5.41) is 8.89. The molecule has 1 unspecified atom stereocenters.